The lowest BCUT2D eigenvalue weighted by molar-refractivity contribution is -0.148. The lowest BCUT2D eigenvalue weighted by Gasteiger charge is -2.23. The summed E-state index contributed by atoms with van der Waals surface area (Å²) in [6.45, 7) is 3.83. The maximum atomic E-state index is 12.5. The van der Waals surface area contributed by atoms with Gasteiger partial charge in [-0.1, -0.05) is 42.5 Å². The van der Waals surface area contributed by atoms with E-state index in [0.717, 1.165) is 5.56 Å². The van der Waals surface area contributed by atoms with Crippen molar-refractivity contribution < 1.29 is 28.9 Å². The minimum absolute atomic E-state index is 0.0319. The third-order valence-electron chi connectivity index (χ3n) is 5.36. The molecule has 3 aromatic rings. The number of rotatable bonds is 11. The summed E-state index contributed by atoms with van der Waals surface area (Å²) < 4.78 is 16.9. The zero-order valence-electron chi connectivity index (χ0n) is 18.9. The Bertz CT molecular complexity index is 1040. The molecule has 0 aliphatic carbocycles. The van der Waals surface area contributed by atoms with Gasteiger partial charge in [-0.3, -0.25) is 4.79 Å². The molecule has 0 spiro atoms. The average Bonchev–Trinajstić information content (AvgIpc) is 2.83. The Morgan fingerprint density at radius 1 is 0.758 bits per heavy atom. The van der Waals surface area contributed by atoms with Crippen molar-refractivity contribution in [2.45, 2.75) is 38.6 Å². The maximum absolute atomic E-state index is 12.5. The van der Waals surface area contributed by atoms with Crippen LogP contribution in [0.2, 0.25) is 0 Å². The number of carboxylic acids is 1. The molecule has 0 aliphatic heterocycles. The Morgan fingerprint density at radius 2 is 1.24 bits per heavy atom. The van der Waals surface area contributed by atoms with Crippen LogP contribution in [0.15, 0.2) is 78.9 Å². The van der Waals surface area contributed by atoms with E-state index >= 15 is 0 Å². The predicted molar refractivity (Wildman–Crippen MR) is 125 cm³/mol. The number of hydrogen-bond acceptors (Lipinski definition) is 5. The zero-order valence-corrected chi connectivity index (χ0v) is 18.9. The number of aliphatic carboxylic acids is 1. The molecule has 0 aromatic heterocycles. The fraction of sp³-hybridized carbons (Fsp3) is 0.259. The van der Waals surface area contributed by atoms with Gasteiger partial charge >= 0.3 is 5.97 Å². The fourth-order valence-corrected chi connectivity index (χ4v) is 3.25. The fourth-order valence-electron chi connectivity index (χ4n) is 3.25. The molecule has 33 heavy (non-hydrogen) atoms. The van der Waals surface area contributed by atoms with Crippen molar-refractivity contribution in [1.82, 2.24) is 0 Å². The van der Waals surface area contributed by atoms with Crippen LogP contribution in [0.3, 0.4) is 0 Å². The number of carbonyl (C=O) groups is 2. The molecule has 0 fully saturated rings. The molecule has 0 saturated heterocycles. The topological polar surface area (TPSA) is 82.1 Å². The number of benzene rings is 3. The molecule has 1 N–H and O–H groups in total. The lowest BCUT2D eigenvalue weighted by atomic mass is 10.0. The van der Waals surface area contributed by atoms with Gasteiger partial charge in [0.15, 0.2) is 11.9 Å². The Morgan fingerprint density at radius 3 is 1.73 bits per heavy atom. The molecule has 3 rings (SSSR count). The second-order valence-electron chi connectivity index (χ2n) is 7.78. The smallest absolute Gasteiger partial charge is 0.333 e. The molecule has 6 heteroatoms. The third-order valence-corrected chi connectivity index (χ3v) is 5.36. The molecule has 3 aromatic carbocycles. The minimum atomic E-state index is -0.991. The SMILES string of the molecule is CO[C@@H](Cc1ccc(O[C@H](C)[C@@H](C)Oc2ccc(C(=O)c3ccccc3)cc2)cc1)C(=O)O. The van der Waals surface area contributed by atoms with Crippen LogP contribution in [-0.2, 0) is 16.0 Å². The summed E-state index contributed by atoms with van der Waals surface area (Å²) in [5.74, 6) is 0.289. The number of carboxylic acid groups (broad SMARTS) is 1. The standard InChI is InChI=1S/C27H28O6/c1-18(32-23-13-9-20(10-14-23)17-25(31-3)27(29)30)19(2)33-24-15-11-22(12-16-24)26(28)21-7-5-4-6-8-21/h4-16,18-19,25H,17H2,1-3H3,(H,29,30)/t18-,19-,25+/m1/s1. The highest BCUT2D eigenvalue weighted by molar-refractivity contribution is 6.08. The molecule has 0 unspecified atom stereocenters. The monoisotopic (exact) mass is 448 g/mol. The highest BCUT2D eigenvalue weighted by Gasteiger charge is 2.18. The van der Waals surface area contributed by atoms with Gasteiger partial charge in [-0.05, 0) is 55.8 Å². The van der Waals surface area contributed by atoms with Crippen molar-refractivity contribution in [2.24, 2.45) is 0 Å². The van der Waals surface area contributed by atoms with Crippen molar-refractivity contribution in [3.63, 3.8) is 0 Å². The number of carbonyl (C=O) groups excluding carboxylic acids is 1. The summed E-state index contributed by atoms with van der Waals surface area (Å²) in [6.07, 6.45) is -1.08. The predicted octanol–water partition coefficient (Wildman–Crippen LogP) is 4.79. The van der Waals surface area contributed by atoms with Gasteiger partial charge in [-0.25, -0.2) is 4.79 Å². The van der Waals surface area contributed by atoms with Gasteiger partial charge in [0.25, 0.3) is 0 Å². The summed E-state index contributed by atoms with van der Waals surface area (Å²) in [7, 11) is 1.38. The number of methoxy groups -OCH3 is 1. The first kappa shape index (κ1) is 24.0. The van der Waals surface area contributed by atoms with Gasteiger partial charge in [-0.2, -0.15) is 0 Å². The third kappa shape index (κ3) is 6.67. The molecular formula is C27H28O6. The van der Waals surface area contributed by atoms with Crippen molar-refractivity contribution >= 4 is 11.8 Å². The normalized spacial score (nSPS) is 13.5. The van der Waals surface area contributed by atoms with Gasteiger partial charge in [0.05, 0.1) is 0 Å². The van der Waals surface area contributed by atoms with Crippen LogP contribution in [0.1, 0.15) is 35.3 Å². The van der Waals surface area contributed by atoms with E-state index < -0.39 is 12.1 Å². The van der Waals surface area contributed by atoms with E-state index in [-0.39, 0.29) is 24.4 Å². The second kappa shape index (κ2) is 11.3. The van der Waals surface area contributed by atoms with Gasteiger partial charge in [-0.15, -0.1) is 0 Å². The van der Waals surface area contributed by atoms with E-state index in [0.29, 0.717) is 22.6 Å². The molecule has 0 amide bonds. The first-order valence-electron chi connectivity index (χ1n) is 10.7. The average molecular weight is 449 g/mol. The molecule has 0 radical (unpaired) electrons. The van der Waals surface area contributed by atoms with Crippen molar-refractivity contribution in [1.29, 1.82) is 0 Å². The van der Waals surface area contributed by atoms with Crippen LogP contribution in [-0.4, -0.2) is 42.3 Å². The van der Waals surface area contributed by atoms with Crippen molar-refractivity contribution in [3.8, 4) is 11.5 Å². The van der Waals surface area contributed by atoms with E-state index in [1.165, 1.54) is 7.11 Å². The van der Waals surface area contributed by atoms with E-state index in [1.807, 2.05) is 44.2 Å². The van der Waals surface area contributed by atoms with Gasteiger partial charge in [0, 0.05) is 24.7 Å². The highest BCUT2D eigenvalue weighted by Crippen LogP contribution is 2.20. The van der Waals surface area contributed by atoms with Crippen molar-refractivity contribution in [3.05, 3.63) is 95.6 Å². The van der Waals surface area contributed by atoms with E-state index in [1.54, 1.807) is 48.5 Å². The van der Waals surface area contributed by atoms with Crippen LogP contribution in [0.25, 0.3) is 0 Å². The van der Waals surface area contributed by atoms with Gasteiger partial charge in [0.2, 0.25) is 0 Å². The lowest BCUT2D eigenvalue weighted by Crippen LogP contribution is -2.31. The molecule has 0 saturated carbocycles. The molecule has 0 bridgehead atoms. The van der Waals surface area contributed by atoms with E-state index in [4.69, 9.17) is 19.3 Å². The minimum Gasteiger partial charge on any atom is -0.487 e. The summed E-state index contributed by atoms with van der Waals surface area (Å²) in [5, 5.41) is 9.10. The highest BCUT2D eigenvalue weighted by atomic mass is 16.5. The molecule has 0 aliphatic rings. The van der Waals surface area contributed by atoms with Gasteiger partial charge in [0.1, 0.15) is 23.7 Å². The van der Waals surface area contributed by atoms with Crippen LogP contribution >= 0.6 is 0 Å². The van der Waals surface area contributed by atoms with Crippen molar-refractivity contribution in [2.75, 3.05) is 7.11 Å². The Balaban J connectivity index is 1.54. The Labute approximate surface area is 193 Å². The number of hydrogen-bond donors (Lipinski definition) is 1. The van der Waals surface area contributed by atoms with Gasteiger partial charge < -0.3 is 19.3 Å². The Kier molecular flexibility index (Phi) is 8.22. The van der Waals surface area contributed by atoms with Crippen LogP contribution in [0, 0.1) is 0 Å². The Hall–Kier alpha value is -3.64. The van der Waals surface area contributed by atoms with E-state index in [2.05, 4.69) is 0 Å². The summed E-state index contributed by atoms with van der Waals surface area (Å²) in [4.78, 5) is 23.6. The zero-order chi connectivity index (χ0) is 23.8. The molecule has 3 atom stereocenters. The molecule has 172 valence electrons. The first-order chi connectivity index (χ1) is 15.9. The van der Waals surface area contributed by atoms with E-state index in [9.17, 15) is 9.59 Å². The number of ketones is 1. The molecule has 6 nitrogen and oxygen atoms in total. The summed E-state index contributed by atoms with van der Waals surface area (Å²) in [6, 6.07) is 23.5. The molecule has 0 heterocycles. The van der Waals surface area contributed by atoms with Crippen LogP contribution < -0.4 is 9.47 Å². The summed E-state index contributed by atoms with van der Waals surface area (Å²) >= 11 is 0. The number of ether oxygens (including phenoxy) is 3. The maximum Gasteiger partial charge on any atom is 0.333 e. The van der Waals surface area contributed by atoms with Crippen LogP contribution in [0.4, 0.5) is 0 Å². The quantitative estimate of drug-likeness (QED) is 0.425. The molecular weight excluding hydrogens is 420 g/mol. The van der Waals surface area contributed by atoms with Crippen LogP contribution in [0.5, 0.6) is 11.5 Å². The summed E-state index contributed by atoms with van der Waals surface area (Å²) in [5.41, 5.74) is 2.09. The first-order valence-corrected chi connectivity index (χ1v) is 10.7. The second-order valence-corrected chi connectivity index (χ2v) is 7.78. The largest absolute Gasteiger partial charge is 0.487 e.